The fourth-order valence-corrected chi connectivity index (χ4v) is 3.27. The number of hydrogen-bond acceptors (Lipinski definition) is 3. The number of amides is 2. The number of aryl methyl sites for hydroxylation is 1. The van der Waals surface area contributed by atoms with Crippen molar-refractivity contribution in [1.29, 1.82) is 0 Å². The second-order valence-electron chi connectivity index (χ2n) is 6.42. The molecule has 1 atom stereocenters. The van der Waals surface area contributed by atoms with Crippen LogP contribution in [-0.4, -0.2) is 39.6 Å². The SMILES string of the molecule is Cc1nn(-c2ccccc2F)c(C)c1CC(=O)N1CCC(C(N)=O)C1. The molecule has 1 aliphatic rings. The molecule has 0 bridgehead atoms. The van der Waals surface area contributed by atoms with Gasteiger partial charge in [-0.1, -0.05) is 12.1 Å². The van der Waals surface area contributed by atoms with E-state index < -0.39 is 0 Å². The first kappa shape index (κ1) is 17.1. The lowest BCUT2D eigenvalue weighted by molar-refractivity contribution is -0.129. The second kappa shape index (κ2) is 6.66. The molecule has 132 valence electrons. The minimum atomic E-state index is -0.366. The molecule has 2 amide bonds. The zero-order valence-corrected chi connectivity index (χ0v) is 14.3. The number of carbonyl (C=O) groups is 2. The Morgan fingerprint density at radius 2 is 2.04 bits per heavy atom. The molecule has 0 aliphatic carbocycles. The molecule has 1 fully saturated rings. The van der Waals surface area contributed by atoms with Crippen molar-refractivity contribution in [3.05, 3.63) is 47.0 Å². The van der Waals surface area contributed by atoms with Gasteiger partial charge in [-0.05, 0) is 32.4 Å². The molecule has 25 heavy (non-hydrogen) atoms. The molecular formula is C18H21FN4O2. The monoisotopic (exact) mass is 344 g/mol. The Morgan fingerprint density at radius 1 is 1.32 bits per heavy atom. The third-order valence-electron chi connectivity index (χ3n) is 4.79. The maximum atomic E-state index is 14.0. The van der Waals surface area contributed by atoms with E-state index in [2.05, 4.69) is 5.10 Å². The van der Waals surface area contributed by atoms with Crippen LogP contribution < -0.4 is 5.73 Å². The Balaban J connectivity index is 1.81. The highest BCUT2D eigenvalue weighted by atomic mass is 19.1. The maximum absolute atomic E-state index is 14.0. The zero-order valence-electron chi connectivity index (χ0n) is 14.3. The summed E-state index contributed by atoms with van der Waals surface area (Å²) in [6.07, 6.45) is 0.783. The topological polar surface area (TPSA) is 81.2 Å². The summed E-state index contributed by atoms with van der Waals surface area (Å²) in [6.45, 7) is 4.54. The van der Waals surface area contributed by atoms with Crippen molar-refractivity contribution in [3.8, 4) is 5.69 Å². The first-order chi connectivity index (χ1) is 11.9. The molecule has 1 unspecified atom stereocenters. The first-order valence-corrected chi connectivity index (χ1v) is 8.25. The number of aromatic nitrogens is 2. The summed E-state index contributed by atoms with van der Waals surface area (Å²) in [6, 6.07) is 6.40. The van der Waals surface area contributed by atoms with Gasteiger partial charge < -0.3 is 10.6 Å². The van der Waals surface area contributed by atoms with E-state index in [0.29, 0.717) is 30.9 Å². The van der Waals surface area contributed by atoms with E-state index in [-0.39, 0.29) is 30.0 Å². The normalized spacial score (nSPS) is 17.1. The number of benzene rings is 1. The Morgan fingerprint density at radius 3 is 2.68 bits per heavy atom. The highest BCUT2D eigenvalue weighted by molar-refractivity contribution is 5.82. The van der Waals surface area contributed by atoms with Crippen molar-refractivity contribution < 1.29 is 14.0 Å². The Hall–Kier alpha value is -2.70. The van der Waals surface area contributed by atoms with Gasteiger partial charge >= 0.3 is 0 Å². The van der Waals surface area contributed by atoms with Crippen LogP contribution in [0.15, 0.2) is 24.3 Å². The average Bonchev–Trinajstić information content (AvgIpc) is 3.16. The van der Waals surface area contributed by atoms with Crippen molar-refractivity contribution in [1.82, 2.24) is 14.7 Å². The van der Waals surface area contributed by atoms with Gasteiger partial charge in [0, 0.05) is 24.3 Å². The highest BCUT2D eigenvalue weighted by Crippen LogP contribution is 2.22. The molecule has 1 aromatic carbocycles. The fourth-order valence-electron chi connectivity index (χ4n) is 3.27. The van der Waals surface area contributed by atoms with Crippen LogP contribution in [0, 0.1) is 25.6 Å². The Kier molecular flexibility index (Phi) is 4.57. The summed E-state index contributed by atoms with van der Waals surface area (Å²) >= 11 is 0. The number of halogens is 1. The average molecular weight is 344 g/mol. The molecule has 0 spiro atoms. The summed E-state index contributed by atoms with van der Waals surface area (Å²) in [5.41, 5.74) is 7.89. The number of hydrogen-bond donors (Lipinski definition) is 1. The van der Waals surface area contributed by atoms with E-state index in [1.807, 2.05) is 13.8 Å². The van der Waals surface area contributed by atoms with Gasteiger partial charge in [0.05, 0.1) is 18.0 Å². The Bertz CT molecular complexity index is 830. The van der Waals surface area contributed by atoms with E-state index in [1.165, 1.54) is 10.7 Å². The molecule has 1 saturated heterocycles. The molecule has 0 saturated carbocycles. The third kappa shape index (κ3) is 3.26. The van der Waals surface area contributed by atoms with Gasteiger partial charge in [-0.15, -0.1) is 0 Å². The largest absolute Gasteiger partial charge is 0.369 e. The van der Waals surface area contributed by atoms with Crippen LogP contribution >= 0.6 is 0 Å². The number of nitrogens with zero attached hydrogens (tertiary/aromatic N) is 3. The molecular weight excluding hydrogens is 323 g/mol. The van der Waals surface area contributed by atoms with Crippen molar-refractivity contribution in [3.63, 3.8) is 0 Å². The van der Waals surface area contributed by atoms with Crippen molar-refractivity contribution in [2.24, 2.45) is 11.7 Å². The number of nitrogens with two attached hydrogens (primary N) is 1. The second-order valence-corrected chi connectivity index (χ2v) is 6.42. The molecule has 0 radical (unpaired) electrons. The van der Waals surface area contributed by atoms with Crippen LogP contribution in [0.4, 0.5) is 4.39 Å². The van der Waals surface area contributed by atoms with Gasteiger partial charge in [-0.25, -0.2) is 9.07 Å². The van der Waals surface area contributed by atoms with Crippen molar-refractivity contribution >= 4 is 11.8 Å². The lowest BCUT2D eigenvalue weighted by atomic mass is 10.1. The predicted molar refractivity (Wildman–Crippen MR) is 90.6 cm³/mol. The quantitative estimate of drug-likeness (QED) is 0.913. The van der Waals surface area contributed by atoms with E-state index in [1.54, 1.807) is 23.1 Å². The van der Waals surface area contributed by atoms with Gasteiger partial charge in [0.15, 0.2) is 0 Å². The van der Waals surface area contributed by atoms with Crippen LogP contribution in [0.2, 0.25) is 0 Å². The highest BCUT2D eigenvalue weighted by Gasteiger charge is 2.30. The van der Waals surface area contributed by atoms with Crippen LogP contribution in [0.5, 0.6) is 0 Å². The van der Waals surface area contributed by atoms with Crippen LogP contribution in [-0.2, 0) is 16.0 Å². The third-order valence-corrected chi connectivity index (χ3v) is 4.79. The van der Waals surface area contributed by atoms with Crippen LogP contribution in [0.3, 0.4) is 0 Å². The summed E-state index contributed by atoms with van der Waals surface area (Å²) < 4.78 is 15.6. The smallest absolute Gasteiger partial charge is 0.227 e. The number of para-hydroxylation sites is 1. The molecule has 1 aromatic heterocycles. The standard InChI is InChI=1S/C18H21FN4O2/c1-11-14(9-17(24)22-8-7-13(10-22)18(20)25)12(2)23(21-11)16-6-4-3-5-15(16)19/h3-6,13H,7-10H2,1-2H3,(H2,20,25). The van der Waals surface area contributed by atoms with Gasteiger partial charge in [0.25, 0.3) is 0 Å². The zero-order chi connectivity index (χ0) is 18.1. The first-order valence-electron chi connectivity index (χ1n) is 8.25. The van der Waals surface area contributed by atoms with Gasteiger partial charge in [0.2, 0.25) is 11.8 Å². The van der Waals surface area contributed by atoms with Crippen molar-refractivity contribution in [2.75, 3.05) is 13.1 Å². The van der Waals surface area contributed by atoms with Crippen molar-refractivity contribution in [2.45, 2.75) is 26.7 Å². The lowest BCUT2D eigenvalue weighted by Gasteiger charge is -2.16. The van der Waals surface area contributed by atoms with Gasteiger partial charge in [0.1, 0.15) is 11.5 Å². The molecule has 1 aliphatic heterocycles. The predicted octanol–water partition coefficient (Wildman–Crippen LogP) is 1.50. The maximum Gasteiger partial charge on any atom is 0.227 e. The van der Waals surface area contributed by atoms with E-state index in [0.717, 1.165) is 11.3 Å². The van der Waals surface area contributed by atoms with E-state index in [9.17, 15) is 14.0 Å². The lowest BCUT2D eigenvalue weighted by Crippen LogP contribution is -2.32. The summed E-state index contributed by atoms with van der Waals surface area (Å²) in [4.78, 5) is 25.5. The van der Waals surface area contributed by atoms with E-state index in [4.69, 9.17) is 5.73 Å². The number of likely N-dealkylation sites (tertiary alicyclic amines) is 1. The molecule has 2 N–H and O–H groups in total. The van der Waals surface area contributed by atoms with Crippen LogP contribution in [0.1, 0.15) is 23.4 Å². The summed E-state index contributed by atoms with van der Waals surface area (Å²) in [7, 11) is 0. The molecule has 6 nitrogen and oxygen atoms in total. The number of carbonyl (C=O) groups excluding carboxylic acids is 2. The molecule has 2 aromatic rings. The molecule has 2 heterocycles. The van der Waals surface area contributed by atoms with E-state index >= 15 is 0 Å². The van der Waals surface area contributed by atoms with Gasteiger partial charge in [-0.3, -0.25) is 9.59 Å². The minimum Gasteiger partial charge on any atom is -0.369 e. The molecule has 3 rings (SSSR count). The Labute approximate surface area is 145 Å². The summed E-state index contributed by atoms with van der Waals surface area (Å²) in [5, 5.41) is 4.40. The molecule has 7 heteroatoms. The van der Waals surface area contributed by atoms with Crippen LogP contribution in [0.25, 0.3) is 5.69 Å². The minimum absolute atomic E-state index is 0.0666. The number of rotatable bonds is 4. The fraction of sp³-hybridized carbons (Fsp3) is 0.389. The number of primary amides is 1. The summed E-state index contributed by atoms with van der Waals surface area (Å²) in [5.74, 6) is -1.07. The van der Waals surface area contributed by atoms with Gasteiger partial charge in [-0.2, -0.15) is 5.10 Å².